The van der Waals surface area contributed by atoms with Crippen LogP contribution in [0.5, 0.6) is 5.75 Å². The fraction of sp³-hybridized carbons (Fsp3) is 0.0526. The number of hydrogen-bond acceptors (Lipinski definition) is 3. The van der Waals surface area contributed by atoms with E-state index in [0.717, 1.165) is 32.4 Å². The molecule has 2 aromatic carbocycles. The smallest absolute Gasteiger partial charge is 0.308 e. The summed E-state index contributed by atoms with van der Waals surface area (Å²) in [6.45, 7) is 1.39. The molecule has 0 unspecified atom stereocenters. The van der Waals surface area contributed by atoms with Crippen molar-refractivity contribution in [2.45, 2.75) is 6.92 Å². The van der Waals surface area contributed by atoms with E-state index in [-0.39, 0.29) is 5.97 Å². The molecule has 0 aliphatic heterocycles. The van der Waals surface area contributed by atoms with Gasteiger partial charge in [-0.3, -0.25) is 9.20 Å². The molecule has 2 aromatic heterocycles. The summed E-state index contributed by atoms with van der Waals surface area (Å²) in [6, 6.07) is 19.6. The number of imidazole rings is 1. The molecule has 118 valence electrons. The number of hydrogen-bond donors (Lipinski definition) is 0. The number of rotatable bonds is 2. The summed E-state index contributed by atoms with van der Waals surface area (Å²) in [4.78, 5) is 16.0. The van der Waals surface area contributed by atoms with E-state index in [2.05, 4.69) is 25.3 Å². The van der Waals surface area contributed by atoms with E-state index in [1.807, 2.05) is 54.6 Å². The Morgan fingerprint density at radius 3 is 2.58 bits per heavy atom. The molecule has 2 heterocycles. The minimum atomic E-state index is -0.350. The molecular weight excluding hydrogens is 368 g/mol. The molecule has 0 saturated carbocycles. The number of para-hydroxylation sites is 2. The third-order valence-corrected chi connectivity index (χ3v) is 4.31. The number of nitrogens with zero attached hydrogens (tertiary/aromatic N) is 2. The number of carbonyl (C=O) groups is 1. The predicted octanol–water partition coefficient (Wildman–Crippen LogP) is 4.84. The van der Waals surface area contributed by atoms with Gasteiger partial charge in [0, 0.05) is 23.5 Å². The highest BCUT2D eigenvalue weighted by molar-refractivity contribution is 9.10. The average Bonchev–Trinajstić information content (AvgIpc) is 2.92. The lowest BCUT2D eigenvalue weighted by molar-refractivity contribution is -0.131. The quantitative estimate of drug-likeness (QED) is 0.467. The first-order chi connectivity index (χ1) is 11.6. The molecule has 0 radical (unpaired) electrons. The number of pyridine rings is 1. The van der Waals surface area contributed by atoms with Crippen LogP contribution in [0.25, 0.3) is 27.9 Å². The zero-order valence-electron chi connectivity index (χ0n) is 12.9. The normalized spacial score (nSPS) is 11.1. The van der Waals surface area contributed by atoms with Gasteiger partial charge in [0.05, 0.1) is 16.7 Å². The minimum absolute atomic E-state index is 0.350. The molecular formula is C19H13BrN2O2. The molecule has 0 atom stereocenters. The Hall–Kier alpha value is -2.66. The van der Waals surface area contributed by atoms with Crippen molar-refractivity contribution in [2.75, 3.05) is 0 Å². The van der Waals surface area contributed by atoms with Gasteiger partial charge in [0.15, 0.2) is 0 Å². The lowest BCUT2D eigenvalue weighted by Crippen LogP contribution is -2.03. The van der Waals surface area contributed by atoms with Gasteiger partial charge in [-0.15, -0.1) is 0 Å². The van der Waals surface area contributed by atoms with E-state index in [0.29, 0.717) is 5.75 Å². The lowest BCUT2D eigenvalue weighted by Gasteiger charge is -2.10. The van der Waals surface area contributed by atoms with Crippen molar-refractivity contribution in [2.24, 2.45) is 0 Å². The van der Waals surface area contributed by atoms with Crippen LogP contribution in [0.4, 0.5) is 0 Å². The number of fused-ring (bicyclic) bond motifs is 3. The molecule has 5 heteroatoms. The Labute approximate surface area is 146 Å². The molecule has 0 aliphatic rings. The minimum Gasteiger partial charge on any atom is -0.427 e. The fourth-order valence-corrected chi connectivity index (χ4v) is 3.09. The Balaban J connectivity index is 2.06. The molecule has 0 N–H and O–H groups in total. The molecule has 4 rings (SSSR count). The van der Waals surface area contributed by atoms with Crippen LogP contribution in [0.1, 0.15) is 6.92 Å². The molecule has 0 saturated heterocycles. The first kappa shape index (κ1) is 14.9. The topological polar surface area (TPSA) is 43.6 Å². The van der Waals surface area contributed by atoms with E-state index in [4.69, 9.17) is 4.74 Å². The summed E-state index contributed by atoms with van der Waals surface area (Å²) in [5, 5.41) is 0. The van der Waals surface area contributed by atoms with E-state index in [1.165, 1.54) is 6.92 Å². The van der Waals surface area contributed by atoms with E-state index >= 15 is 0 Å². The molecule has 24 heavy (non-hydrogen) atoms. The molecule has 4 nitrogen and oxygen atoms in total. The average molecular weight is 381 g/mol. The first-order valence-corrected chi connectivity index (χ1v) is 8.27. The number of benzene rings is 2. The summed E-state index contributed by atoms with van der Waals surface area (Å²) in [5.41, 5.74) is 4.59. The van der Waals surface area contributed by atoms with E-state index in [9.17, 15) is 4.79 Å². The molecule has 0 bridgehead atoms. The van der Waals surface area contributed by atoms with Gasteiger partial charge in [0.2, 0.25) is 0 Å². The van der Waals surface area contributed by atoms with E-state index < -0.39 is 0 Å². The van der Waals surface area contributed by atoms with Crippen LogP contribution in [0.3, 0.4) is 0 Å². The third-order valence-electron chi connectivity index (χ3n) is 3.78. The number of aromatic nitrogens is 2. The summed E-state index contributed by atoms with van der Waals surface area (Å²) in [7, 11) is 0. The van der Waals surface area contributed by atoms with Crippen LogP contribution >= 0.6 is 15.9 Å². The van der Waals surface area contributed by atoms with Crippen LogP contribution in [0, 0.1) is 0 Å². The Morgan fingerprint density at radius 2 is 1.83 bits per heavy atom. The summed E-state index contributed by atoms with van der Waals surface area (Å²) < 4.78 is 8.39. The predicted molar refractivity (Wildman–Crippen MR) is 97.1 cm³/mol. The van der Waals surface area contributed by atoms with Crippen molar-refractivity contribution in [3.05, 3.63) is 65.1 Å². The second-order valence-electron chi connectivity index (χ2n) is 5.47. The van der Waals surface area contributed by atoms with Crippen LogP contribution in [-0.2, 0) is 4.79 Å². The number of halogens is 1. The molecule has 0 spiro atoms. The number of ether oxygens (including phenoxy) is 1. The van der Waals surface area contributed by atoms with Gasteiger partial charge in [-0.05, 0) is 29.8 Å². The third kappa shape index (κ3) is 2.57. The van der Waals surface area contributed by atoms with Gasteiger partial charge in [-0.2, -0.15) is 0 Å². The van der Waals surface area contributed by atoms with Crippen LogP contribution in [0.2, 0.25) is 0 Å². The molecule has 0 aliphatic carbocycles. The SMILES string of the molecule is CC(=O)Oc1cc(-c2ccc(Br)cc2)n2c(c1)nc1ccccc12. The summed E-state index contributed by atoms with van der Waals surface area (Å²) in [6.07, 6.45) is 0. The molecule has 0 amide bonds. The van der Waals surface area contributed by atoms with Crippen molar-refractivity contribution < 1.29 is 9.53 Å². The van der Waals surface area contributed by atoms with Crippen LogP contribution in [0.15, 0.2) is 65.1 Å². The summed E-state index contributed by atoms with van der Waals surface area (Å²) in [5.74, 6) is 0.139. The van der Waals surface area contributed by atoms with Gasteiger partial charge < -0.3 is 4.74 Å². The standard InChI is InChI=1S/C19H13BrN2O2/c1-12(23)24-15-10-18(13-6-8-14(20)9-7-13)22-17-5-3-2-4-16(17)21-19(22)11-15/h2-11H,1H3. The summed E-state index contributed by atoms with van der Waals surface area (Å²) >= 11 is 3.46. The van der Waals surface area contributed by atoms with Crippen molar-refractivity contribution >= 4 is 38.6 Å². The van der Waals surface area contributed by atoms with Gasteiger partial charge in [0.1, 0.15) is 11.4 Å². The van der Waals surface area contributed by atoms with Crippen molar-refractivity contribution in [3.8, 4) is 17.0 Å². The van der Waals surface area contributed by atoms with Crippen molar-refractivity contribution in [1.29, 1.82) is 0 Å². The second-order valence-corrected chi connectivity index (χ2v) is 6.39. The zero-order valence-corrected chi connectivity index (χ0v) is 14.4. The maximum Gasteiger partial charge on any atom is 0.308 e. The van der Waals surface area contributed by atoms with Crippen LogP contribution in [-0.4, -0.2) is 15.4 Å². The first-order valence-electron chi connectivity index (χ1n) is 7.47. The number of esters is 1. The Morgan fingerprint density at radius 1 is 1.08 bits per heavy atom. The molecule has 4 aromatic rings. The highest BCUT2D eigenvalue weighted by atomic mass is 79.9. The monoisotopic (exact) mass is 380 g/mol. The van der Waals surface area contributed by atoms with Crippen molar-refractivity contribution in [3.63, 3.8) is 0 Å². The van der Waals surface area contributed by atoms with Crippen LogP contribution < -0.4 is 4.74 Å². The maximum absolute atomic E-state index is 11.4. The van der Waals surface area contributed by atoms with Crippen molar-refractivity contribution in [1.82, 2.24) is 9.38 Å². The van der Waals surface area contributed by atoms with Gasteiger partial charge in [-0.25, -0.2) is 4.98 Å². The Bertz CT molecular complexity index is 1070. The molecule has 0 fully saturated rings. The highest BCUT2D eigenvalue weighted by Gasteiger charge is 2.13. The highest BCUT2D eigenvalue weighted by Crippen LogP contribution is 2.30. The van der Waals surface area contributed by atoms with Gasteiger partial charge in [-0.1, -0.05) is 40.2 Å². The van der Waals surface area contributed by atoms with E-state index in [1.54, 1.807) is 6.07 Å². The largest absolute Gasteiger partial charge is 0.427 e. The fourth-order valence-electron chi connectivity index (χ4n) is 2.82. The Kier molecular flexibility index (Phi) is 3.58. The second kappa shape index (κ2) is 5.76. The van der Waals surface area contributed by atoms with Gasteiger partial charge in [0.25, 0.3) is 0 Å². The number of carbonyl (C=O) groups excluding carboxylic acids is 1. The maximum atomic E-state index is 11.4. The van der Waals surface area contributed by atoms with Gasteiger partial charge >= 0.3 is 5.97 Å². The lowest BCUT2D eigenvalue weighted by atomic mass is 10.1. The zero-order chi connectivity index (χ0) is 16.7.